The summed E-state index contributed by atoms with van der Waals surface area (Å²) < 4.78 is 6.14. The predicted octanol–water partition coefficient (Wildman–Crippen LogP) is 3.16. The van der Waals surface area contributed by atoms with Crippen LogP contribution >= 0.6 is 23.5 Å². The van der Waals surface area contributed by atoms with E-state index < -0.39 is 0 Å². The molecule has 0 radical (unpaired) electrons. The quantitative estimate of drug-likeness (QED) is 0.839. The average molecular weight is 290 g/mol. The second-order valence-electron chi connectivity index (χ2n) is 5.68. The third-order valence-corrected chi connectivity index (χ3v) is 5.80. The van der Waals surface area contributed by atoms with E-state index in [-0.39, 0.29) is 5.60 Å². The van der Waals surface area contributed by atoms with Crippen LogP contribution in [0, 0.1) is 0 Å². The van der Waals surface area contributed by atoms with Crippen molar-refractivity contribution < 1.29 is 4.74 Å². The Labute approximate surface area is 120 Å². The Hall–Kier alpha value is 0.620. The van der Waals surface area contributed by atoms with Gasteiger partial charge >= 0.3 is 0 Å². The van der Waals surface area contributed by atoms with Gasteiger partial charge in [0, 0.05) is 18.7 Å². The lowest BCUT2D eigenvalue weighted by atomic mass is 9.85. The molecule has 2 unspecified atom stereocenters. The van der Waals surface area contributed by atoms with E-state index in [9.17, 15) is 0 Å². The van der Waals surface area contributed by atoms with Crippen molar-refractivity contribution >= 4 is 23.5 Å². The molecule has 0 saturated carbocycles. The molecule has 2 atom stereocenters. The Kier molecular flexibility index (Phi) is 6.19. The summed E-state index contributed by atoms with van der Waals surface area (Å²) in [7, 11) is 0. The molecule has 2 heterocycles. The minimum Gasteiger partial charge on any atom is -0.375 e. The van der Waals surface area contributed by atoms with Gasteiger partial charge in [0.1, 0.15) is 0 Å². The number of hydrogen-bond acceptors (Lipinski definition) is 4. The summed E-state index contributed by atoms with van der Waals surface area (Å²) in [4.78, 5) is 0. The number of thioether (sulfide) groups is 2. The first-order valence-electron chi connectivity index (χ1n) is 7.21. The topological polar surface area (TPSA) is 21.3 Å². The van der Waals surface area contributed by atoms with Crippen molar-refractivity contribution in [2.45, 2.75) is 56.7 Å². The third kappa shape index (κ3) is 4.32. The summed E-state index contributed by atoms with van der Waals surface area (Å²) in [6.45, 7) is 3.28. The molecule has 0 aromatic heterocycles. The maximum Gasteiger partial charge on any atom is 0.0713 e. The summed E-state index contributed by atoms with van der Waals surface area (Å²) in [5.74, 6) is 3.84. The van der Waals surface area contributed by atoms with Crippen LogP contribution in [-0.2, 0) is 4.74 Å². The van der Waals surface area contributed by atoms with E-state index in [0.29, 0.717) is 12.1 Å². The standard InChI is InChI=1S/C14H27NOS2/c1-12(4-8-17-2)15-13-3-7-16-14(11-13)5-9-18-10-6-14/h12-13,15H,3-11H2,1-2H3. The molecule has 1 N–H and O–H groups in total. The maximum absolute atomic E-state index is 6.14. The molecular formula is C14H27NOS2. The Morgan fingerprint density at radius 1 is 1.44 bits per heavy atom. The predicted molar refractivity (Wildman–Crippen MR) is 83.9 cm³/mol. The Morgan fingerprint density at radius 3 is 2.94 bits per heavy atom. The van der Waals surface area contributed by atoms with Crippen molar-refractivity contribution in [1.82, 2.24) is 5.32 Å². The fourth-order valence-corrected chi connectivity index (χ4v) is 4.87. The van der Waals surface area contributed by atoms with Gasteiger partial charge in [0.2, 0.25) is 0 Å². The minimum atomic E-state index is 0.223. The molecule has 0 amide bonds. The lowest BCUT2D eigenvalue weighted by molar-refractivity contribution is -0.0940. The lowest BCUT2D eigenvalue weighted by Gasteiger charge is -2.44. The normalized spacial score (nSPS) is 29.3. The van der Waals surface area contributed by atoms with Crippen molar-refractivity contribution in [3.63, 3.8) is 0 Å². The second-order valence-corrected chi connectivity index (χ2v) is 7.89. The van der Waals surface area contributed by atoms with Crippen LogP contribution in [0.1, 0.15) is 39.0 Å². The van der Waals surface area contributed by atoms with Gasteiger partial charge in [-0.1, -0.05) is 0 Å². The molecule has 1 spiro atoms. The number of nitrogens with one attached hydrogen (secondary N) is 1. The molecule has 4 heteroatoms. The third-order valence-electron chi connectivity index (χ3n) is 4.17. The fraction of sp³-hybridized carbons (Fsp3) is 1.00. The van der Waals surface area contributed by atoms with Crippen LogP contribution in [0.15, 0.2) is 0 Å². The molecule has 2 aliphatic rings. The molecule has 0 aromatic rings. The van der Waals surface area contributed by atoms with Gasteiger partial charge < -0.3 is 10.1 Å². The Balaban J connectivity index is 1.79. The summed E-state index contributed by atoms with van der Waals surface area (Å²) in [6, 6.07) is 1.33. The SMILES string of the molecule is CSCCC(C)NC1CCOC2(CCSCC2)C1. The van der Waals surface area contributed by atoms with E-state index in [0.717, 1.165) is 6.61 Å². The Morgan fingerprint density at radius 2 is 2.22 bits per heavy atom. The largest absolute Gasteiger partial charge is 0.375 e. The minimum absolute atomic E-state index is 0.223. The highest BCUT2D eigenvalue weighted by molar-refractivity contribution is 7.99. The summed E-state index contributed by atoms with van der Waals surface area (Å²) >= 11 is 4.03. The first kappa shape index (κ1) is 15.0. The van der Waals surface area contributed by atoms with E-state index in [2.05, 4.69) is 30.3 Å². The smallest absolute Gasteiger partial charge is 0.0713 e. The summed E-state index contributed by atoms with van der Waals surface area (Å²) in [5.41, 5.74) is 0.223. The molecule has 2 nitrogen and oxygen atoms in total. The molecule has 2 aliphatic heterocycles. The molecule has 2 rings (SSSR count). The summed E-state index contributed by atoms with van der Waals surface area (Å²) in [6.07, 6.45) is 8.41. The first-order chi connectivity index (χ1) is 8.74. The molecule has 0 aliphatic carbocycles. The van der Waals surface area contributed by atoms with Crippen molar-refractivity contribution in [2.24, 2.45) is 0 Å². The van der Waals surface area contributed by atoms with Crippen LogP contribution in [0.2, 0.25) is 0 Å². The number of rotatable bonds is 5. The van der Waals surface area contributed by atoms with E-state index in [1.807, 2.05) is 11.8 Å². The average Bonchev–Trinajstić information content (AvgIpc) is 2.37. The van der Waals surface area contributed by atoms with Gasteiger partial charge in [-0.05, 0) is 62.5 Å². The molecule has 2 saturated heterocycles. The van der Waals surface area contributed by atoms with Gasteiger partial charge in [-0.3, -0.25) is 0 Å². The van der Waals surface area contributed by atoms with Crippen LogP contribution in [-0.4, -0.2) is 47.8 Å². The molecule has 0 bridgehead atoms. The van der Waals surface area contributed by atoms with E-state index >= 15 is 0 Å². The van der Waals surface area contributed by atoms with Crippen molar-refractivity contribution in [2.75, 3.05) is 30.1 Å². The molecule has 0 aromatic carbocycles. The fourth-order valence-electron chi connectivity index (χ4n) is 3.04. The van der Waals surface area contributed by atoms with Crippen LogP contribution in [0.4, 0.5) is 0 Å². The zero-order valence-electron chi connectivity index (χ0n) is 11.7. The van der Waals surface area contributed by atoms with Crippen molar-refractivity contribution in [3.8, 4) is 0 Å². The lowest BCUT2D eigenvalue weighted by Crippen LogP contribution is -2.50. The van der Waals surface area contributed by atoms with Crippen molar-refractivity contribution in [3.05, 3.63) is 0 Å². The van der Waals surface area contributed by atoms with Crippen LogP contribution < -0.4 is 5.32 Å². The zero-order valence-corrected chi connectivity index (χ0v) is 13.4. The van der Waals surface area contributed by atoms with Crippen LogP contribution in [0.25, 0.3) is 0 Å². The maximum atomic E-state index is 6.14. The number of ether oxygens (including phenoxy) is 1. The van der Waals surface area contributed by atoms with Gasteiger partial charge in [-0.15, -0.1) is 0 Å². The highest BCUT2D eigenvalue weighted by Crippen LogP contribution is 2.37. The van der Waals surface area contributed by atoms with Gasteiger partial charge in [-0.2, -0.15) is 23.5 Å². The number of hydrogen-bond donors (Lipinski definition) is 1. The van der Waals surface area contributed by atoms with Crippen LogP contribution in [0.5, 0.6) is 0 Å². The summed E-state index contributed by atoms with van der Waals surface area (Å²) in [5, 5.41) is 3.83. The molecule has 18 heavy (non-hydrogen) atoms. The van der Waals surface area contributed by atoms with Gasteiger partial charge in [0.25, 0.3) is 0 Å². The molecular weight excluding hydrogens is 262 g/mol. The van der Waals surface area contributed by atoms with Crippen molar-refractivity contribution in [1.29, 1.82) is 0 Å². The second kappa shape index (κ2) is 7.41. The van der Waals surface area contributed by atoms with Crippen LogP contribution in [0.3, 0.4) is 0 Å². The molecule has 106 valence electrons. The van der Waals surface area contributed by atoms with E-state index in [4.69, 9.17) is 4.74 Å². The Bertz CT molecular complexity index is 238. The zero-order chi connectivity index (χ0) is 12.8. The highest BCUT2D eigenvalue weighted by atomic mass is 32.2. The van der Waals surface area contributed by atoms with Gasteiger partial charge in [0.05, 0.1) is 5.60 Å². The monoisotopic (exact) mass is 289 g/mol. The molecule has 2 fully saturated rings. The van der Waals surface area contributed by atoms with E-state index in [1.54, 1.807) is 0 Å². The first-order valence-corrected chi connectivity index (χ1v) is 9.76. The highest BCUT2D eigenvalue weighted by Gasteiger charge is 2.38. The van der Waals surface area contributed by atoms with Gasteiger partial charge in [0.15, 0.2) is 0 Å². The van der Waals surface area contributed by atoms with E-state index in [1.165, 1.54) is 49.4 Å². The van der Waals surface area contributed by atoms with Gasteiger partial charge in [-0.25, -0.2) is 0 Å².